The third-order valence-electron chi connectivity index (χ3n) is 4.82. The maximum Gasteiger partial charge on any atom is 0.416 e. The van der Waals surface area contributed by atoms with Crippen LogP contribution in [0.3, 0.4) is 0 Å². The van der Waals surface area contributed by atoms with E-state index in [4.69, 9.17) is 5.73 Å². The number of rotatable bonds is 3. The first-order chi connectivity index (χ1) is 12.4. The lowest BCUT2D eigenvalue weighted by Crippen LogP contribution is -2.54. The molecule has 5 nitrogen and oxygen atoms in total. The smallest absolute Gasteiger partial charge is 0.349 e. The average molecular weight is 385 g/mol. The molecule has 1 aromatic rings. The van der Waals surface area contributed by atoms with Crippen LogP contribution >= 0.6 is 0 Å². The highest BCUT2D eigenvalue weighted by atomic mass is 19.4. The fourth-order valence-electron chi connectivity index (χ4n) is 2.89. The molecule has 2 amide bonds. The summed E-state index contributed by atoms with van der Waals surface area (Å²) in [5.41, 5.74) is 5.08. The van der Waals surface area contributed by atoms with Gasteiger partial charge in [0.05, 0.1) is 11.6 Å². The largest absolute Gasteiger partial charge is 0.416 e. The Morgan fingerprint density at radius 1 is 1.11 bits per heavy atom. The van der Waals surface area contributed by atoms with Crippen molar-refractivity contribution in [3.8, 4) is 0 Å². The Morgan fingerprint density at radius 3 is 2.07 bits per heavy atom. The van der Waals surface area contributed by atoms with Crippen molar-refractivity contribution in [1.29, 1.82) is 0 Å². The van der Waals surface area contributed by atoms with E-state index in [1.165, 1.54) is 12.1 Å². The molecule has 0 aromatic heterocycles. The van der Waals surface area contributed by atoms with Crippen molar-refractivity contribution in [3.05, 3.63) is 35.4 Å². The predicted molar refractivity (Wildman–Crippen MR) is 95.9 cm³/mol. The number of piperidine rings is 1. The number of hydrogen-bond acceptors (Lipinski definition) is 3. The van der Waals surface area contributed by atoms with E-state index in [1.54, 1.807) is 4.90 Å². The second-order valence-corrected chi connectivity index (χ2v) is 7.99. The summed E-state index contributed by atoms with van der Waals surface area (Å²) in [5.74, 6) is -0.519. The van der Waals surface area contributed by atoms with Gasteiger partial charge in [-0.1, -0.05) is 20.8 Å². The highest BCUT2D eigenvalue weighted by molar-refractivity contribution is 5.94. The van der Waals surface area contributed by atoms with Crippen LogP contribution in [0.2, 0.25) is 0 Å². The standard InChI is InChI=1S/C19H26F3N3O2/c1-18(2,3)15(23)17(27)25-10-8-14(9-11-25)24-16(26)12-4-6-13(7-5-12)19(20,21)22/h4-7,14-15H,8-11,23H2,1-3H3,(H,24,26)/t15-/m1/s1. The van der Waals surface area contributed by atoms with Gasteiger partial charge in [-0.15, -0.1) is 0 Å². The predicted octanol–water partition coefficient (Wildman–Crippen LogP) is 2.80. The quantitative estimate of drug-likeness (QED) is 0.840. The number of benzene rings is 1. The Hall–Kier alpha value is -2.09. The highest BCUT2D eigenvalue weighted by Gasteiger charge is 2.33. The number of nitrogens with zero attached hydrogens (tertiary/aromatic N) is 1. The molecule has 1 aliphatic heterocycles. The van der Waals surface area contributed by atoms with Gasteiger partial charge < -0.3 is 16.0 Å². The van der Waals surface area contributed by atoms with Crippen LogP contribution in [-0.4, -0.2) is 41.9 Å². The number of hydrogen-bond donors (Lipinski definition) is 2. The van der Waals surface area contributed by atoms with E-state index < -0.39 is 23.7 Å². The van der Waals surface area contributed by atoms with E-state index in [0.717, 1.165) is 12.1 Å². The van der Waals surface area contributed by atoms with Crippen molar-refractivity contribution < 1.29 is 22.8 Å². The molecule has 8 heteroatoms. The van der Waals surface area contributed by atoms with Crippen LogP contribution in [0.1, 0.15) is 49.5 Å². The van der Waals surface area contributed by atoms with E-state index >= 15 is 0 Å². The Kier molecular flexibility index (Phi) is 6.19. The summed E-state index contributed by atoms with van der Waals surface area (Å²) in [7, 11) is 0. The van der Waals surface area contributed by atoms with Crippen molar-refractivity contribution in [2.45, 2.75) is 51.9 Å². The van der Waals surface area contributed by atoms with Crippen LogP contribution in [0.15, 0.2) is 24.3 Å². The van der Waals surface area contributed by atoms with Gasteiger partial charge in [-0.2, -0.15) is 13.2 Å². The zero-order valence-electron chi connectivity index (χ0n) is 15.8. The van der Waals surface area contributed by atoms with Gasteiger partial charge in [0, 0.05) is 24.7 Å². The summed E-state index contributed by atoms with van der Waals surface area (Å²) in [5, 5.41) is 2.82. The normalized spacial score (nSPS) is 17.5. The third-order valence-corrected chi connectivity index (χ3v) is 4.82. The molecule has 0 unspecified atom stereocenters. The Morgan fingerprint density at radius 2 is 1.63 bits per heavy atom. The van der Waals surface area contributed by atoms with Crippen molar-refractivity contribution >= 4 is 11.8 Å². The van der Waals surface area contributed by atoms with E-state index in [2.05, 4.69) is 5.32 Å². The van der Waals surface area contributed by atoms with E-state index in [9.17, 15) is 22.8 Å². The summed E-state index contributed by atoms with van der Waals surface area (Å²) in [6.07, 6.45) is -3.27. The molecule has 1 fully saturated rings. The van der Waals surface area contributed by atoms with Crippen molar-refractivity contribution in [1.82, 2.24) is 10.2 Å². The van der Waals surface area contributed by atoms with Crippen molar-refractivity contribution in [2.75, 3.05) is 13.1 Å². The maximum atomic E-state index is 12.6. The lowest BCUT2D eigenvalue weighted by molar-refractivity contribution is -0.138. The molecule has 150 valence electrons. The van der Waals surface area contributed by atoms with Gasteiger partial charge in [-0.25, -0.2) is 0 Å². The molecule has 2 rings (SSSR count). The number of carbonyl (C=O) groups is 2. The first-order valence-corrected chi connectivity index (χ1v) is 8.92. The summed E-state index contributed by atoms with van der Waals surface area (Å²) in [6, 6.07) is 3.40. The first-order valence-electron chi connectivity index (χ1n) is 8.92. The van der Waals surface area contributed by atoms with Crippen molar-refractivity contribution in [3.63, 3.8) is 0 Å². The zero-order valence-corrected chi connectivity index (χ0v) is 15.8. The maximum absolute atomic E-state index is 12.6. The molecular weight excluding hydrogens is 359 g/mol. The average Bonchev–Trinajstić information content (AvgIpc) is 2.59. The second-order valence-electron chi connectivity index (χ2n) is 7.99. The summed E-state index contributed by atoms with van der Waals surface area (Å²) in [6.45, 7) is 6.70. The Labute approximate surface area is 157 Å². The molecular formula is C19H26F3N3O2. The second kappa shape index (κ2) is 7.88. The van der Waals surface area contributed by atoms with Gasteiger partial charge >= 0.3 is 6.18 Å². The lowest BCUT2D eigenvalue weighted by atomic mass is 9.86. The highest BCUT2D eigenvalue weighted by Crippen LogP contribution is 2.29. The molecule has 1 atom stereocenters. The zero-order chi connectivity index (χ0) is 20.4. The molecule has 0 bridgehead atoms. The number of halogens is 3. The van der Waals surface area contributed by atoms with Crippen LogP contribution in [0.4, 0.5) is 13.2 Å². The minimum absolute atomic E-state index is 0.102. The molecule has 0 radical (unpaired) electrons. The van der Waals surface area contributed by atoms with E-state index in [-0.39, 0.29) is 22.9 Å². The monoisotopic (exact) mass is 385 g/mol. The van der Waals surface area contributed by atoms with Gasteiger partial charge in [0.25, 0.3) is 5.91 Å². The number of nitrogens with two attached hydrogens (primary N) is 1. The number of carbonyl (C=O) groups excluding carboxylic acids is 2. The molecule has 3 N–H and O–H groups in total. The van der Waals surface area contributed by atoms with Gasteiger partial charge in [-0.05, 0) is 42.5 Å². The Balaban J connectivity index is 1.88. The van der Waals surface area contributed by atoms with Gasteiger partial charge in [0.15, 0.2) is 0 Å². The number of nitrogens with one attached hydrogen (secondary N) is 1. The first kappa shape index (κ1) is 21.2. The molecule has 1 aromatic carbocycles. The van der Waals surface area contributed by atoms with Crippen LogP contribution in [0, 0.1) is 5.41 Å². The molecule has 1 saturated heterocycles. The van der Waals surface area contributed by atoms with Crippen molar-refractivity contribution in [2.24, 2.45) is 11.1 Å². The van der Waals surface area contributed by atoms with Crippen LogP contribution in [0.5, 0.6) is 0 Å². The minimum Gasteiger partial charge on any atom is -0.349 e. The topological polar surface area (TPSA) is 75.4 Å². The SMILES string of the molecule is CC(C)(C)[C@H](N)C(=O)N1CCC(NC(=O)c2ccc(C(F)(F)F)cc2)CC1. The number of likely N-dealkylation sites (tertiary alicyclic amines) is 1. The van der Waals surface area contributed by atoms with Gasteiger partial charge in [0.1, 0.15) is 0 Å². The van der Waals surface area contributed by atoms with Crippen LogP contribution in [-0.2, 0) is 11.0 Å². The molecule has 1 aliphatic rings. The molecule has 0 aliphatic carbocycles. The molecule has 27 heavy (non-hydrogen) atoms. The van der Waals surface area contributed by atoms with E-state index in [0.29, 0.717) is 25.9 Å². The number of amides is 2. The fraction of sp³-hybridized carbons (Fsp3) is 0.579. The summed E-state index contributed by atoms with van der Waals surface area (Å²) < 4.78 is 37.8. The third kappa shape index (κ3) is 5.45. The summed E-state index contributed by atoms with van der Waals surface area (Å²) >= 11 is 0. The minimum atomic E-state index is -4.43. The van der Waals surface area contributed by atoms with Crippen LogP contribution < -0.4 is 11.1 Å². The van der Waals surface area contributed by atoms with Crippen LogP contribution in [0.25, 0.3) is 0 Å². The summed E-state index contributed by atoms with van der Waals surface area (Å²) in [4.78, 5) is 26.4. The molecule has 0 spiro atoms. The number of alkyl halides is 3. The Bertz CT molecular complexity index is 673. The fourth-order valence-corrected chi connectivity index (χ4v) is 2.89. The van der Waals surface area contributed by atoms with Gasteiger partial charge in [-0.3, -0.25) is 9.59 Å². The lowest BCUT2D eigenvalue weighted by Gasteiger charge is -2.36. The van der Waals surface area contributed by atoms with E-state index in [1.807, 2.05) is 20.8 Å². The van der Waals surface area contributed by atoms with Gasteiger partial charge in [0.2, 0.25) is 5.91 Å². The molecule has 1 heterocycles. The molecule has 0 saturated carbocycles.